The van der Waals surface area contributed by atoms with Gasteiger partial charge in [0.25, 0.3) is 0 Å². The lowest BCUT2D eigenvalue weighted by atomic mass is 10.0. The van der Waals surface area contributed by atoms with Gasteiger partial charge in [-0.3, -0.25) is 14.3 Å². The van der Waals surface area contributed by atoms with Crippen LogP contribution in [0, 0.1) is 0 Å². The SMILES string of the molecule is N[C@@H](Cc1ccc(C2CC(=O)NS2(=O)=O)c(Br)c1)C(=O)O.O=C(O)C(F)(F)F. The standard InChI is InChI=1S/C12H13BrN2O5S.C2HF3O2/c13-8-3-6(4-9(14)12(17)18)1-2-7(8)10-5-11(16)15-21(10,19)20;3-2(4,5)1(6)7/h1-3,9-10H,4-5,14H2,(H,15,16)(H,17,18);(H,6,7)/t9-,10?;/m0./s1. The number of carboxylic acid groups (broad SMARTS) is 2. The van der Waals surface area contributed by atoms with Crippen LogP contribution >= 0.6 is 15.9 Å². The molecule has 1 fully saturated rings. The highest BCUT2D eigenvalue weighted by Crippen LogP contribution is 2.35. The van der Waals surface area contributed by atoms with Crippen molar-refractivity contribution in [1.29, 1.82) is 0 Å². The molecular weight excluding hydrogens is 477 g/mol. The molecule has 1 unspecified atom stereocenters. The third-order valence-corrected chi connectivity index (χ3v) is 5.80. The van der Waals surface area contributed by atoms with E-state index >= 15 is 0 Å². The van der Waals surface area contributed by atoms with Gasteiger partial charge in [-0.15, -0.1) is 0 Å². The van der Waals surface area contributed by atoms with E-state index in [9.17, 15) is 31.2 Å². The van der Waals surface area contributed by atoms with E-state index in [0.717, 1.165) is 0 Å². The predicted molar refractivity (Wildman–Crippen MR) is 91.6 cm³/mol. The maximum absolute atomic E-state index is 11.8. The minimum absolute atomic E-state index is 0.128. The molecule has 9 nitrogen and oxygen atoms in total. The number of carboxylic acids is 2. The zero-order valence-corrected chi connectivity index (χ0v) is 16.1. The number of halogens is 4. The summed E-state index contributed by atoms with van der Waals surface area (Å²) in [7, 11) is -3.71. The fourth-order valence-corrected chi connectivity index (χ4v) is 4.43. The first kappa shape index (κ1) is 23.8. The van der Waals surface area contributed by atoms with Crippen LogP contribution < -0.4 is 10.5 Å². The third-order valence-electron chi connectivity index (χ3n) is 3.43. The van der Waals surface area contributed by atoms with Crippen molar-refractivity contribution in [3.05, 3.63) is 33.8 Å². The van der Waals surface area contributed by atoms with Crippen LogP contribution in [0.15, 0.2) is 22.7 Å². The van der Waals surface area contributed by atoms with Gasteiger partial charge in [0, 0.05) is 4.47 Å². The van der Waals surface area contributed by atoms with Gasteiger partial charge in [0.05, 0.1) is 6.42 Å². The molecule has 0 radical (unpaired) electrons. The van der Waals surface area contributed by atoms with Gasteiger partial charge in [-0.25, -0.2) is 13.2 Å². The molecular formula is C14H14BrF3N2O7S. The highest BCUT2D eigenvalue weighted by Gasteiger charge is 2.39. The Morgan fingerprint density at radius 2 is 1.86 bits per heavy atom. The van der Waals surface area contributed by atoms with E-state index in [1.165, 1.54) is 0 Å². The Morgan fingerprint density at radius 1 is 1.32 bits per heavy atom. The Kier molecular flexibility index (Phi) is 7.56. The van der Waals surface area contributed by atoms with Gasteiger partial charge >= 0.3 is 18.1 Å². The number of rotatable bonds is 4. The molecule has 0 aromatic heterocycles. The number of nitrogens with two attached hydrogens (primary N) is 1. The minimum Gasteiger partial charge on any atom is -0.480 e. The summed E-state index contributed by atoms with van der Waals surface area (Å²) < 4.78 is 57.8. The first-order valence-corrected chi connectivity index (χ1v) is 9.60. The van der Waals surface area contributed by atoms with Crippen LogP contribution in [0.3, 0.4) is 0 Å². The van der Waals surface area contributed by atoms with Crippen LogP contribution in [0.4, 0.5) is 13.2 Å². The van der Waals surface area contributed by atoms with Gasteiger partial charge in [-0.05, 0) is 23.6 Å². The Bertz CT molecular complexity index is 889. The number of carbonyl (C=O) groups is 3. The van der Waals surface area contributed by atoms with Crippen LogP contribution in [0.2, 0.25) is 0 Å². The molecule has 14 heteroatoms. The summed E-state index contributed by atoms with van der Waals surface area (Å²) in [5.41, 5.74) is 6.58. The maximum atomic E-state index is 11.8. The van der Waals surface area contributed by atoms with Crippen LogP contribution in [-0.4, -0.2) is 48.7 Å². The zero-order valence-electron chi connectivity index (χ0n) is 13.7. The summed E-state index contributed by atoms with van der Waals surface area (Å²) in [5, 5.41) is 15.0. The molecule has 156 valence electrons. The molecule has 1 saturated heterocycles. The Morgan fingerprint density at radius 3 is 2.21 bits per heavy atom. The van der Waals surface area contributed by atoms with Crippen molar-refractivity contribution in [2.24, 2.45) is 5.73 Å². The largest absolute Gasteiger partial charge is 0.490 e. The molecule has 1 aliphatic rings. The van der Waals surface area contributed by atoms with E-state index in [1.807, 2.05) is 4.72 Å². The van der Waals surface area contributed by atoms with E-state index in [0.29, 0.717) is 15.6 Å². The second kappa shape index (κ2) is 8.87. The molecule has 0 saturated carbocycles. The maximum Gasteiger partial charge on any atom is 0.490 e. The molecule has 0 spiro atoms. The number of amides is 1. The van der Waals surface area contributed by atoms with Gasteiger partial charge in [0.2, 0.25) is 15.9 Å². The zero-order chi connectivity index (χ0) is 21.9. The van der Waals surface area contributed by atoms with E-state index in [4.69, 9.17) is 20.7 Å². The Balaban J connectivity index is 0.000000480. The third kappa shape index (κ3) is 6.45. The molecule has 2 rings (SSSR count). The number of sulfonamides is 1. The monoisotopic (exact) mass is 490 g/mol. The van der Waals surface area contributed by atoms with Crippen molar-refractivity contribution >= 4 is 43.8 Å². The van der Waals surface area contributed by atoms with Gasteiger partial charge < -0.3 is 15.9 Å². The molecule has 1 heterocycles. The van der Waals surface area contributed by atoms with Crippen molar-refractivity contribution in [3.63, 3.8) is 0 Å². The van der Waals surface area contributed by atoms with Crippen molar-refractivity contribution in [2.45, 2.75) is 30.3 Å². The number of carbonyl (C=O) groups excluding carboxylic acids is 1. The van der Waals surface area contributed by atoms with Gasteiger partial charge in [-0.2, -0.15) is 13.2 Å². The molecule has 28 heavy (non-hydrogen) atoms. The van der Waals surface area contributed by atoms with Crippen LogP contribution in [0.1, 0.15) is 22.8 Å². The number of aliphatic carboxylic acids is 2. The quantitative estimate of drug-likeness (QED) is 0.483. The molecule has 0 bridgehead atoms. The van der Waals surface area contributed by atoms with Crippen molar-refractivity contribution in [3.8, 4) is 0 Å². The molecule has 1 aromatic carbocycles. The summed E-state index contributed by atoms with van der Waals surface area (Å²) in [6, 6.07) is 3.77. The van der Waals surface area contributed by atoms with E-state index < -0.39 is 45.3 Å². The summed E-state index contributed by atoms with van der Waals surface area (Å²) in [4.78, 5) is 30.9. The number of benzene rings is 1. The van der Waals surface area contributed by atoms with Crippen LogP contribution in [0.25, 0.3) is 0 Å². The second-order valence-electron chi connectivity index (χ2n) is 5.57. The molecule has 1 amide bonds. The Labute approximate surface area is 164 Å². The average molecular weight is 491 g/mol. The molecule has 0 aliphatic carbocycles. The normalized spacial score (nSPS) is 19.2. The lowest BCUT2D eigenvalue weighted by molar-refractivity contribution is -0.192. The first-order chi connectivity index (χ1) is 12.6. The number of alkyl halides is 3. The second-order valence-corrected chi connectivity index (χ2v) is 8.29. The van der Waals surface area contributed by atoms with E-state index in [2.05, 4.69) is 15.9 Å². The van der Waals surface area contributed by atoms with E-state index in [1.54, 1.807) is 18.2 Å². The van der Waals surface area contributed by atoms with Crippen molar-refractivity contribution in [2.75, 3.05) is 0 Å². The van der Waals surface area contributed by atoms with Gasteiger partial charge in [0.15, 0.2) is 0 Å². The molecule has 2 atom stereocenters. The summed E-state index contributed by atoms with van der Waals surface area (Å²) in [6.07, 6.45) is -5.09. The lowest BCUT2D eigenvalue weighted by Crippen LogP contribution is -2.32. The fourth-order valence-electron chi connectivity index (χ4n) is 2.13. The number of hydrogen-bond acceptors (Lipinski definition) is 6. The number of nitrogens with one attached hydrogen (secondary N) is 1. The topological polar surface area (TPSA) is 164 Å². The molecule has 1 aliphatic heterocycles. The van der Waals surface area contributed by atoms with Gasteiger partial charge in [0.1, 0.15) is 11.3 Å². The van der Waals surface area contributed by atoms with Gasteiger partial charge in [-0.1, -0.05) is 28.1 Å². The number of hydrogen-bond donors (Lipinski definition) is 4. The highest BCUT2D eigenvalue weighted by atomic mass is 79.9. The predicted octanol–water partition coefficient (Wildman–Crippen LogP) is 0.928. The van der Waals surface area contributed by atoms with Crippen molar-refractivity contribution in [1.82, 2.24) is 4.72 Å². The first-order valence-electron chi connectivity index (χ1n) is 7.26. The summed E-state index contributed by atoms with van der Waals surface area (Å²) >= 11 is 3.26. The fraction of sp³-hybridized carbons (Fsp3) is 0.357. The smallest absolute Gasteiger partial charge is 0.480 e. The minimum atomic E-state index is -5.08. The molecule has 5 N–H and O–H groups in total. The van der Waals surface area contributed by atoms with Crippen LogP contribution in [-0.2, 0) is 30.8 Å². The summed E-state index contributed by atoms with van der Waals surface area (Å²) in [5.74, 6) is -4.40. The summed E-state index contributed by atoms with van der Waals surface area (Å²) in [6.45, 7) is 0. The Hall–Kier alpha value is -2.19. The highest BCUT2D eigenvalue weighted by molar-refractivity contribution is 9.10. The lowest BCUT2D eigenvalue weighted by Gasteiger charge is -2.13. The van der Waals surface area contributed by atoms with Crippen LogP contribution in [0.5, 0.6) is 0 Å². The van der Waals surface area contributed by atoms with Crippen molar-refractivity contribution < 1.29 is 46.2 Å². The molecule has 1 aromatic rings. The average Bonchev–Trinajstić information content (AvgIpc) is 2.79. The van der Waals surface area contributed by atoms with E-state index in [-0.39, 0.29) is 12.8 Å².